The zero-order valence-corrected chi connectivity index (χ0v) is 12.6. The van der Waals surface area contributed by atoms with Gasteiger partial charge in [-0.25, -0.2) is 0 Å². The lowest BCUT2D eigenvalue weighted by atomic mass is 10.2. The normalized spacial score (nSPS) is 10.9. The van der Waals surface area contributed by atoms with Crippen LogP contribution in [-0.4, -0.2) is 14.2 Å². The molecule has 0 aliphatic rings. The third kappa shape index (κ3) is 2.69. The molecule has 0 unspecified atom stereocenters. The molecule has 0 radical (unpaired) electrons. The van der Waals surface area contributed by atoms with Gasteiger partial charge in [-0.3, -0.25) is 4.57 Å². The van der Waals surface area contributed by atoms with Gasteiger partial charge in [-0.2, -0.15) is 0 Å². The van der Waals surface area contributed by atoms with Crippen molar-refractivity contribution in [3.05, 3.63) is 39.8 Å². The quantitative estimate of drug-likeness (QED) is 0.843. The fraction of sp³-hybridized carbons (Fsp3) is 0.357. The lowest BCUT2D eigenvalue weighted by molar-refractivity contribution is 0.441. The Morgan fingerprint density at radius 1 is 1.37 bits per heavy atom. The van der Waals surface area contributed by atoms with Gasteiger partial charge in [-0.05, 0) is 37.2 Å². The van der Waals surface area contributed by atoms with Crippen LogP contribution in [-0.2, 0) is 6.54 Å². The van der Waals surface area contributed by atoms with Crippen molar-refractivity contribution < 1.29 is 5.11 Å². The van der Waals surface area contributed by atoms with Gasteiger partial charge in [0.25, 0.3) is 0 Å². The van der Waals surface area contributed by atoms with Gasteiger partial charge < -0.3 is 9.67 Å². The third-order valence-electron chi connectivity index (χ3n) is 3.10. The van der Waals surface area contributed by atoms with Crippen LogP contribution in [0.5, 0.6) is 5.88 Å². The zero-order valence-electron chi connectivity index (χ0n) is 11.1. The Morgan fingerprint density at radius 2 is 2.11 bits per heavy atom. The maximum atomic E-state index is 10.1. The summed E-state index contributed by atoms with van der Waals surface area (Å²) in [4.78, 5) is 0. The van der Waals surface area contributed by atoms with Crippen molar-refractivity contribution in [3.8, 4) is 11.6 Å². The first-order valence-electron chi connectivity index (χ1n) is 6.33. The minimum atomic E-state index is 0.123. The second-order valence-corrected chi connectivity index (χ2v) is 5.33. The number of aromatic nitrogens is 2. The molecule has 0 aliphatic carbocycles. The molecule has 0 saturated heterocycles. The van der Waals surface area contributed by atoms with Crippen LogP contribution in [0.25, 0.3) is 5.69 Å². The zero-order chi connectivity index (χ0) is 14.0. The number of rotatable bonds is 4. The first-order chi connectivity index (χ1) is 9.06. The number of nitrogens with zero attached hydrogens (tertiary/aromatic N) is 2. The molecule has 19 heavy (non-hydrogen) atoms. The Balaban J connectivity index is 2.57. The van der Waals surface area contributed by atoms with E-state index in [1.54, 1.807) is 16.8 Å². The number of benzene rings is 1. The molecular formula is C14H17ClN2OS. The third-order valence-corrected chi connectivity index (χ3v) is 3.82. The molecule has 1 aromatic heterocycles. The van der Waals surface area contributed by atoms with Crippen LogP contribution < -0.4 is 0 Å². The van der Waals surface area contributed by atoms with Gasteiger partial charge >= 0.3 is 0 Å². The number of hydrogen-bond acceptors (Lipinski definition) is 2. The Hall–Kier alpha value is -1.26. The van der Waals surface area contributed by atoms with Gasteiger partial charge in [-0.15, -0.1) is 0 Å². The summed E-state index contributed by atoms with van der Waals surface area (Å²) >= 11 is 11.7. The molecule has 0 saturated carbocycles. The number of aromatic hydroxyl groups is 1. The Labute approximate surface area is 123 Å². The van der Waals surface area contributed by atoms with Crippen LogP contribution in [0.2, 0.25) is 5.02 Å². The number of aryl methyl sites for hydroxylation is 2. The number of hydrogen-bond donors (Lipinski definition) is 1. The van der Waals surface area contributed by atoms with Crippen molar-refractivity contribution in [1.29, 1.82) is 0 Å². The first kappa shape index (κ1) is 14.2. The van der Waals surface area contributed by atoms with Crippen molar-refractivity contribution in [1.82, 2.24) is 9.13 Å². The highest BCUT2D eigenvalue weighted by Crippen LogP contribution is 2.29. The molecule has 0 amide bonds. The summed E-state index contributed by atoms with van der Waals surface area (Å²) in [6, 6.07) is 5.64. The van der Waals surface area contributed by atoms with E-state index in [1.165, 1.54) is 0 Å². The molecule has 2 rings (SSSR count). The SMILES string of the molecule is CCCCn1cc(O)n(-c2c(C)cccc2Cl)c1=S. The fourth-order valence-electron chi connectivity index (χ4n) is 2.08. The van der Waals surface area contributed by atoms with E-state index in [4.69, 9.17) is 23.8 Å². The molecule has 3 nitrogen and oxygen atoms in total. The van der Waals surface area contributed by atoms with Crippen LogP contribution in [0.3, 0.4) is 0 Å². The second kappa shape index (κ2) is 5.80. The van der Waals surface area contributed by atoms with E-state index in [0.29, 0.717) is 9.79 Å². The average Bonchev–Trinajstić information content (AvgIpc) is 2.63. The number of unbranched alkanes of at least 4 members (excludes halogenated alkanes) is 1. The summed E-state index contributed by atoms with van der Waals surface area (Å²) in [6.07, 6.45) is 3.78. The molecule has 0 aliphatic heterocycles. The van der Waals surface area contributed by atoms with Gasteiger partial charge in [0.2, 0.25) is 5.88 Å². The van der Waals surface area contributed by atoms with Gasteiger partial charge in [-0.1, -0.05) is 37.1 Å². The van der Waals surface area contributed by atoms with E-state index >= 15 is 0 Å². The van der Waals surface area contributed by atoms with Crippen molar-refractivity contribution in [2.75, 3.05) is 0 Å². The van der Waals surface area contributed by atoms with Crippen molar-refractivity contribution in [3.63, 3.8) is 0 Å². The van der Waals surface area contributed by atoms with E-state index in [2.05, 4.69) is 6.92 Å². The molecule has 0 spiro atoms. The molecule has 1 aromatic carbocycles. The van der Waals surface area contributed by atoms with Gasteiger partial charge in [0.15, 0.2) is 4.77 Å². The molecule has 0 atom stereocenters. The van der Waals surface area contributed by atoms with Crippen LogP contribution in [0.15, 0.2) is 24.4 Å². The summed E-state index contributed by atoms with van der Waals surface area (Å²) in [5.41, 5.74) is 1.73. The molecule has 5 heteroatoms. The van der Waals surface area contributed by atoms with E-state index in [9.17, 15) is 5.11 Å². The maximum Gasteiger partial charge on any atom is 0.214 e. The number of para-hydroxylation sites is 1. The van der Waals surface area contributed by atoms with Crippen molar-refractivity contribution in [2.24, 2.45) is 0 Å². The van der Waals surface area contributed by atoms with E-state index in [1.807, 2.05) is 23.6 Å². The Kier molecular flexibility index (Phi) is 4.32. The first-order valence-corrected chi connectivity index (χ1v) is 7.11. The average molecular weight is 297 g/mol. The van der Waals surface area contributed by atoms with Gasteiger partial charge in [0.05, 0.1) is 16.9 Å². The highest BCUT2D eigenvalue weighted by Gasteiger charge is 2.14. The predicted octanol–water partition coefficient (Wildman–Crippen LogP) is 4.48. The fourth-order valence-corrected chi connectivity index (χ4v) is 2.72. The summed E-state index contributed by atoms with van der Waals surface area (Å²) in [5, 5.41) is 10.7. The van der Waals surface area contributed by atoms with Crippen LogP contribution in [0, 0.1) is 11.7 Å². The molecule has 0 bridgehead atoms. The van der Waals surface area contributed by atoms with Crippen LogP contribution in [0.4, 0.5) is 0 Å². The summed E-state index contributed by atoms with van der Waals surface area (Å²) < 4.78 is 4.08. The molecule has 2 aromatic rings. The number of halogens is 1. The van der Waals surface area contributed by atoms with Crippen molar-refractivity contribution in [2.45, 2.75) is 33.2 Å². The number of imidazole rings is 1. The monoisotopic (exact) mass is 296 g/mol. The van der Waals surface area contributed by atoms with E-state index in [0.717, 1.165) is 30.6 Å². The van der Waals surface area contributed by atoms with Crippen LogP contribution >= 0.6 is 23.8 Å². The maximum absolute atomic E-state index is 10.1. The standard InChI is InChI=1S/C14H17ClN2OS/c1-3-4-8-16-9-12(18)17(14(16)19)13-10(2)6-5-7-11(13)15/h5-7,9,18H,3-4,8H2,1-2H3. The largest absolute Gasteiger partial charge is 0.493 e. The second-order valence-electron chi connectivity index (χ2n) is 4.56. The van der Waals surface area contributed by atoms with Crippen molar-refractivity contribution >= 4 is 23.8 Å². The molecule has 1 N–H and O–H groups in total. The van der Waals surface area contributed by atoms with E-state index in [-0.39, 0.29) is 5.88 Å². The summed E-state index contributed by atoms with van der Waals surface area (Å²) in [5.74, 6) is 0.123. The Bertz CT molecular complexity index is 625. The minimum absolute atomic E-state index is 0.123. The topological polar surface area (TPSA) is 30.1 Å². The highest BCUT2D eigenvalue weighted by atomic mass is 35.5. The lowest BCUT2D eigenvalue weighted by Crippen LogP contribution is -2.01. The molecule has 102 valence electrons. The van der Waals surface area contributed by atoms with E-state index < -0.39 is 0 Å². The summed E-state index contributed by atoms with van der Waals surface area (Å²) in [6.45, 7) is 4.88. The smallest absolute Gasteiger partial charge is 0.214 e. The molecule has 0 fully saturated rings. The molecular weight excluding hydrogens is 280 g/mol. The predicted molar refractivity (Wildman–Crippen MR) is 80.9 cm³/mol. The van der Waals surface area contributed by atoms with Gasteiger partial charge in [0.1, 0.15) is 0 Å². The summed E-state index contributed by atoms with van der Waals surface area (Å²) in [7, 11) is 0. The van der Waals surface area contributed by atoms with Crippen LogP contribution in [0.1, 0.15) is 25.3 Å². The molecule has 1 heterocycles. The highest BCUT2D eigenvalue weighted by molar-refractivity contribution is 7.71. The Morgan fingerprint density at radius 3 is 2.74 bits per heavy atom. The van der Waals surface area contributed by atoms with Gasteiger partial charge in [0, 0.05) is 6.54 Å². The minimum Gasteiger partial charge on any atom is -0.493 e. The lowest BCUT2D eigenvalue weighted by Gasteiger charge is -2.10.